The van der Waals surface area contributed by atoms with Crippen molar-refractivity contribution in [1.29, 1.82) is 5.26 Å². The summed E-state index contributed by atoms with van der Waals surface area (Å²) in [7, 11) is 0. The van der Waals surface area contributed by atoms with Crippen molar-refractivity contribution in [3.8, 4) is 0 Å². The Balaban J connectivity index is 0.00000191. The Labute approximate surface area is 134 Å². The van der Waals surface area contributed by atoms with Gasteiger partial charge in [-0.3, -0.25) is 0 Å². The average Bonchev–Trinajstić information content (AvgIpc) is 2.53. The van der Waals surface area contributed by atoms with Gasteiger partial charge in [-0.2, -0.15) is 0 Å². The largest absolute Gasteiger partial charge is 0.512 e. The normalized spacial score (nSPS) is 17.0. The van der Waals surface area contributed by atoms with E-state index in [4.69, 9.17) is 11.8 Å². The summed E-state index contributed by atoms with van der Waals surface area (Å²) in [5.74, 6) is 0. The first-order valence-electron chi connectivity index (χ1n) is 9.40. The predicted octanol–water partition coefficient (Wildman–Crippen LogP) is 5.63. The molecule has 0 radical (unpaired) electrons. The zero-order valence-corrected chi connectivity index (χ0v) is 14.7. The lowest BCUT2D eigenvalue weighted by molar-refractivity contribution is -0.932. The molecular formula is C19H38N2. The summed E-state index contributed by atoms with van der Waals surface area (Å²) in [4.78, 5) is 0. The van der Waals surface area contributed by atoms with Crippen LogP contribution in [0.15, 0.2) is 0 Å². The van der Waals surface area contributed by atoms with Crippen LogP contribution in [0.2, 0.25) is 0 Å². The first kappa shape index (κ1) is 20.5. The standard InChI is InChI=1S/C18H38N.CN/c1-3-5-6-7-8-9-10-12-16-19(15-4-2)17-13-11-14-18-19;1-2/h3-18H2,1-2H3;/q+1;-1. The Morgan fingerprint density at radius 1 is 0.667 bits per heavy atom. The van der Waals surface area contributed by atoms with Crippen LogP contribution in [-0.2, 0) is 0 Å². The minimum atomic E-state index is 1.37. The molecule has 0 aromatic carbocycles. The Kier molecular flexibility index (Phi) is 14.0. The summed E-state index contributed by atoms with van der Waals surface area (Å²) in [6.45, 7) is 15.3. The maximum Gasteiger partial charge on any atom is 0.0786 e. The van der Waals surface area contributed by atoms with E-state index in [2.05, 4.69) is 13.8 Å². The summed E-state index contributed by atoms with van der Waals surface area (Å²) in [5, 5.41) is 6.25. The Hall–Kier alpha value is -0.550. The van der Waals surface area contributed by atoms with Gasteiger partial charge in [-0.05, 0) is 38.5 Å². The Morgan fingerprint density at radius 3 is 1.71 bits per heavy atom. The van der Waals surface area contributed by atoms with E-state index in [0.29, 0.717) is 0 Å². The molecule has 0 aliphatic carbocycles. The third-order valence-corrected chi connectivity index (χ3v) is 4.95. The Morgan fingerprint density at radius 2 is 1.19 bits per heavy atom. The molecule has 0 aromatic heterocycles. The molecule has 0 N–H and O–H groups in total. The molecule has 0 unspecified atom stereocenters. The molecule has 0 saturated carbocycles. The average molecular weight is 295 g/mol. The Bertz CT molecular complexity index is 223. The summed E-state index contributed by atoms with van der Waals surface area (Å²) < 4.78 is 1.46. The van der Waals surface area contributed by atoms with Crippen LogP contribution >= 0.6 is 0 Å². The number of quaternary nitrogens is 1. The first-order chi connectivity index (χ1) is 10.3. The van der Waals surface area contributed by atoms with Crippen LogP contribution in [0.3, 0.4) is 0 Å². The second-order valence-corrected chi connectivity index (χ2v) is 6.77. The SMILES string of the molecule is CCCCCCCCCC[N+]1(CCC)CCCCC1.[C-]#N. The van der Waals surface area contributed by atoms with Gasteiger partial charge in [-0.25, -0.2) is 0 Å². The maximum atomic E-state index is 6.25. The smallest absolute Gasteiger partial charge is 0.0786 e. The molecule has 1 aliphatic rings. The second-order valence-electron chi connectivity index (χ2n) is 6.77. The third-order valence-electron chi connectivity index (χ3n) is 4.95. The van der Waals surface area contributed by atoms with E-state index < -0.39 is 0 Å². The van der Waals surface area contributed by atoms with Gasteiger partial charge in [0.2, 0.25) is 0 Å². The number of hydrogen-bond acceptors (Lipinski definition) is 1. The van der Waals surface area contributed by atoms with E-state index in [-0.39, 0.29) is 0 Å². The minimum Gasteiger partial charge on any atom is -0.512 e. The second kappa shape index (κ2) is 14.4. The lowest BCUT2D eigenvalue weighted by Crippen LogP contribution is -2.52. The molecule has 0 atom stereocenters. The topological polar surface area (TPSA) is 23.8 Å². The molecule has 1 fully saturated rings. The van der Waals surface area contributed by atoms with Crippen LogP contribution < -0.4 is 0 Å². The molecule has 0 spiro atoms. The van der Waals surface area contributed by atoms with E-state index in [0.717, 1.165) is 0 Å². The fraction of sp³-hybridized carbons (Fsp3) is 0.947. The fourth-order valence-electron chi connectivity index (χ4n) is 3.80. The van der Waals surface area contributed by atoms with Gasteiger partial charge in [0, 0.05) is 0 Å². The minimum absolute atomic E-state index is 1.37. The highest BCUT2D eigenvalue weighted by atomic mass is 15.3. The van der Waals surface area contributed by atoms with Gasteiger partial charge in [0.05, 0.1) is 26.2 Å². The van der Waals surface area contributed by atoms with Crippen LogP contribution in [0.4, 0.5) is 0 Å². The van der Waals surface area contributed by atoms with Crippen molar-refractivity contribution >= 4 is 0 Å². The number of unbranched alkanes of at least 4 members (excludes halogenated alkanes) is 7. The predicted molar refractivity (Wildman–Crippen MR) is 91.4 cm³/mol. The van der Waals surface area contributed by atoms with E-state index in [1.807, 2.05) is 0 Å². The van der Waals surface area contributed by atoms with Crippen molar-refractivity contribution < 1.29 is 4.48 Å². The zero-order valence-electron chi connectivity index (χ0n) is 14.7. The van der Waals surface area contributed by atoms with Gasteiger partial charge < -0.3 is 16.3 Å². The van der Waals surface area contributed by atoms with E-state index in [9.17, 15) is 0 Å². The van der Waals surface area contributed by atoms with E-state index >= 15 is 0 Å². The molecule has 1 heterocycles. The lowest BCUT2D eigenvalue weighted by atomic mass is 10.0. The quantitative estimate of drug-likeness (QED) is 0.275. The fourth-order valence-corrected chi connectivity index (χ4v) is 3.80. The van der Waals surface area contributed by atoms with Crippen molar-refractivity contribution in [2.45, 2.75) is 90.9 Å². The summed E-state index contributed by atoms with van der Waals surface area (Å²) in [6, 6.07) is 0. The van der Waals surface area contributed by atoms with Gasteiger partial charge in [0.25, 0.3) is 0 Å². The van der Waals surface area contributed by atoms with Crippen LogP contribution in [0.1, 0.15) is 90.9 Å². The molecule has 2 nitrogen and oxygen atoms in total. The molecule has 1 saturated heterocycles. The molecule has 124 valence electrons. The van der Waals surface area contributed by atoms with Gasteiger partial charge in [0.1, 0.15) is 0 Å². The molecule has 0 bridgehead atoms. The number of rotatable bonds is 11. The van der Waals surface area contributed by atoms with Crippen molar-refractivity contribution in [3.63, 3.8) is 0 Å². The monoisotopic (exact) mass is 294 g/mol. The summed E-state index contributed by atoms with van der Waals surface area (Å²) in [6.07, 6.45) is 17.5. The molecule has 21 heavy (non-hydrogen) atoms. The number of likely N-dealkylation sites (tertiary alicyclic amines) is 1. The molecule has 0 amide bonds. The van der Waals surface area contributed by atoms with E-state index in [1.165, 1.54) is 108 Å². The van der Waals surface area contributed by atoms with Gasteiger partial charge in [-0.1, -0.05) is 52.4 Å². The third kappa shape index (κ3) is 9.91. The van der Waals surface area contributed by atoms with Gasteiger partial charge in [-0.15, -0.1) is 0 Å². The van der Waals surface area contributed by atoms with Crippen LogP contribution in [0, 0.1) is 11.8 Å². The first-order valence-corrected chi connectivity index (χ1v) is 9.40. The van der Waals surface area contributed by atoms with Gasteiger partial charge >= 0.3 is 0 Å². The molecule has 1 aliphatic heterocycles. The van der Waals surface area contributed by atoms with Crippen LogP contribution in [0.5, 0.6) is 0 Å². The molecule has 0 aromatic rings. The molecule has 1 rings (SSSR count). The van der Waals surface area contributed by atoms with Crippen molar-refractivity contribution in [2.24, 2.45) is 0 Å². The van der Waals surface area contributed by atoms with Crippen molar-refractivity contribution in [1.82, 2.24) is 0 Å². The maximum absolute atomic E-state index is 6.25. The number of piperidine rings is 1. The lowest BCUT2D eigenvalue weighted by Gasteiger charge is -2.41. The highest BCUT2D eigenvalue weighted by Gasteiger charge is 2.27. The highest BCUT2D eigenvalue weighted by molar-refractivity contribution is 4.55. The highest BCUT2D eigenvalue weighted by Crippen LogP contribution is 2.21. The molecular weight excluding hydrogens is 256 g/mol. The van der Waals surface area contributed by atoms with Gasteiger partial charge in [0.15, 0.2) is 0 Å². The molecule has 2 heteroatoms. The zero-order chi connectivity index (χ0) is 15.8. The number of hydrogen-bond donors (Lipinski definition) is 0. The van der Waals surface area contributed by atoms with Crippen molar-refractivity contribution in [2.75, 3.05) is 26.2 Å². The number of nitrogens with zero attached hydrogens (tertiary/aromatic N) is 2. The van der Waals surface area contributed by atoms with Crippen LogP contribution in [0.25, 0.3) is 0 Å². The summed E-state index contributed by atoms with van der Waals surface area (Å²) in [5.41, 5.74) is 0. The van der Waals surface area contributed by atoms with Crippen LogP contribution in [-0.4, -0.2) is 30.7 Å². The van der Waals surface area contributed by atoms with Crippen molar-refractivity contribution in [3.05, 3.63) is 6.57 Å². The van der Waals surface area contributed by atoms with E-state index in [1.54, 1.807) is 0 Å². The summed E-state index contributed by atoms with van der Waals surface area (Å²) >= 11 is 0.